The Bertz CT molecular complexity index is 590. The van der Waals surface area contributed by atoms with Crippen LogP contribution in [-0.4, -0.2) is 23.9 Å². The van der Waals surface area contributed by atoms with E-state index in [1.54, 1.807) is 12.1 Å². The molecule has 0 aliphatic heterocycles. The van der Waals surface area contributed by atoms with Gasteiger partial charge in [0.15, 0.2) is 11.5 Å². The first-order valence-electron chi connectivity index (χ1n) is 6.60. The van der Waals surface area contributed by atoms with E-state index in [1.165, 1.54) is 7.11 Å². The van der Waals surface area contributed by atoms with Gasteiger partial charge in [0, 0.05) is 23.2 Å². The molecule has 0 fully saturated rings. The Morgan fingerprint density at radius 3 is 2.57 bits per heavy atom. The van der Waals surface area contributed by atoms with E-state index in [0.717, 1.165) is 5.56 Å². The molecule has 21 heavy (non-hydrogen) atoms. The van der Waals surface area contributed by atoms with Crippen LogP contribution in [0.25, 0.3) is 0 Å². The predicted octanol–water partition coefficient (Wildman–Crippen LogP) is 2.88. The van der Waals surface area contributed by atoms with Crippen LogP contribution in [0, 0.1) is 0 Å². The van der Waals surface area contributed by atoms with E-state index in [9.17, 15) is 10.2 Å². The molecule has 4 nitrogen and oxygen atoms in total. The van der Waals surface area contributed by atoms with Crippen LogP contribution in [-0.2, 0) is 6.54 Å². The van der Waals surface area contributed by atoms with Crippen molar-refractivity contribution in [3.05, 3.63) is 58.6 Å². The lowest BCUT2D eigenvalue weighted by Gasteiger charge is -2.18. The lowest BCUT2D eigenvalue weighted by Crippen LogP contribution is -2.24. The lowest BCUT2D eigenvalue weighted by molar-refractivity contribution is 0.243. The molecule has 2 rings (SSSR count). The normalized spacial score (nSPS) is 12.1. The Hall–Kier alpha value is -1.75. The summed E-state index contributed by atoms with van der Waals surface area (Å²) in [5, 5.41) is 23.3. The molecule has 2 aromatic carbocycles. The third-order valence-corrected chi connectivity index (χ3v) is 3.48. The fraction of sp³-hybridized carbons (Fsp3) is 0.250. The van der Waals surface area contributed by atoms with Crippen molar-refractivity contribution in [2.24, 2.45) is 0 Å². The van der Waals surface area contributed by atoms with Crippen molar-refractivity contribution in [3.63, 3.8) is 0 Å². The van der Waals surface area contributed by atoms with Crippen LogP contribution in [0.3, 0.4) is 0 Å². The van der Waals surface area contributed by atoms with Gasteiger partial charge in [-0.2, -0.15) is 0 Å². The number of nitrogens with one attached hydrogen (secondary N) is 1. The maximum absolute atomic E-state index is 10.1. The zero-order valence-corrected chi connectivity index (χ0v) is 12.5. The quantitative estimate of drug-likeness (QED) is 0.768. The summed E-state index contributed by atoms with van der Waals surface area (Å²) < 4.78 is 5.07. The second-order valence-corrected chi connectivity index (χ2v) is 5.08. The fourth-order valence-electron chi connectivity index (χ4n) is 2.12. The van der Waals surface area contributed by atoms with Crippen molar-refractivity contribution in [2.75, 3.05) is 13.7 Å². The molecule has 0 aliphatic rings. The van der Waals surface area contributed by atoms with Crippen molar-refractivity contribution in [1.29, 1.82) is 0 Å². The summed E-state index contributed by atoms with van der Waals surface area (Å²) in [6.07, 6.45) is 0. The molecule has 0 unspecified atom stereocenters. The number of rotatable bonds is 6. The number of aromatic hydroxyl groups is 1. The van der Waals surface area contributed by atoms with E-state index >= 15 is 0 Å². The smallest absolute Gasteiger partial charge is 0.162 e. The van der Waals surface area contributed by atoms with Gasteiger partial charge < -0.3 is 20.3 Å². The highest BCUT2D eigenvalue weighted by Gasteiger charge is 2.13. The number of ether oxygens (including phenoxy) is 1. The molecule has 0 aromatic heterocycles. The number of aliphatic hydroxyl groups excluding tert-OH is 1. The molecule has 2 aromatic rings. The predicted molar refractivity (Wildman–Crippen MR) is 82.8 cm³/mol. The average molecular weight is 308 g/mol. The summed E-state index contributed by atoms with van der Waals surface area (Å²) in [6, 6.07) is 12.6. The topological polar surface area (TPSA) is 61.7 Å². The van der Waals surface area contributed by atoms with E-state index in [0.29, 0.717) is 22.9 Å². The Kier molecular flexibility index (Phi) is 5.44. The van der Waals surface area contributed by atoms with Gasteiger partial charge in [-0.05, 0) is 11.6 Å². The lowest BCUT2D eigenvalue weighted by atomic mass is 10.1. The summed E-state index contributed by atoms with van der Waals surface area (Å²) in [4.78, 5) is 0. The highest BCUT2D eigenvalue weighted by Crippen LogP contribution is 2.33. The Balaban J connectivity index is 2.13. The largest absolute Gasteiger partial charge is 0.504 e. The first-order valence-corrected chi connectivity index (χ1v) is 6.98. The first-order chi connectivity index (χ1) is 10.2. The highest BCUT2D eigenvalue weighted by molar-refractivity contribution is 6.30. The van der Waals surface area contributed by atoms with Crippen LogP contribution in [0.1, 0.15) is 17.2 Å². The zero-order chi connectivity index (χ0) is 15.2. The Morgan fingerprint density at radius 2 is 1.95 bits per heavy atom. The summed E-state index contributed by atoms with van der Waals surface area (Å²) >= 11 is 6.00. The minimum Gasteiger partial charge on any atom is -0.504 e. The highest BCUT2D eigenvalue weighted by atomic mass is 35.5. The maximum atomic E-state index is 10.1. The van der Waals surface area contributed by atoms with E-state index in [1.807, 2.05) is 30.3 Å². The molecular formula is C16H18ClNO3. The SMILES string of the molecule is COc1cc(Cl)cc(CN[C@H](CO)c2ccccc2)c1O. The van der Waals surface area contributed by atoms with Gasteiger partial charge in [0.25, 0.3) is 0 Å². The van der Waals surface area contributed by atoms with Gasteiger partial charge in [-0.1, -0.05) is 41.9 Å². The molecule has 0 aliphatic carbocycles. The molecule has 0 bridgehead atoms. The molecular weight excluding hydrogens is 290 g/mol. The molecule has 0 radical (unpaired) electrons. The molecule has 0 spiro atoms. The van der Waals surface area contributed by atoms with E-state index in [2.05, 4.69) is 5.32 Å². The molecule has 0 saturated carbocycles. The van der Waals surface area contributed by atoms with Gasteiger partial charge in [0.1, 0.15) is 0 Å². The number of hydrogen-bond acceptors (Lipinski definition) is 4. The van der Waals surface area contributed by atoms with Crippen molar-refractivity contribution in [3.8, 4) is 11.5 Å². The first kappa shape index (κ1) is 15.6. The molecule has 5 heteroatoms. The zero-order valence-electron chi connectivity index (χ0n) is 11.7. The van der Waals surface area contributed by atoms with Gasteiger partial charge in [-0.15, -0.1) is 0 Å². The van der Waals surface area contributed by atoms with E-state index < -0.39 is 0 Å². The van der Waals surface area contributed by atoms with Crippen molar-refractivity contribution in [2.45, 2.75) is 12.6 Å². The number of halogens is 1. The third kappa shape index (κ3) is 3.88. The van der Waals surface area contributed by atoms with Crippen LogP contribution in [0.4, 0.5) is 0 Å². The number of hydrogen-bond donors (Lipinski definition) is 3. The van der Waals surface area contributed by atoms with Crippen LogP contribution in [0.2, 0.25) is 5.02 Å². The molecule has 0 amide bonds. The molecule has 112 valence electrons. The van der Waals surface area contributed by atoms with Gasteiger partial charge >= 0.3 is 0 Å². The van der Waals surface area contributed by atoms with Crippen LogP contribution < -0.4 is 10.1 Å². The van der Waals surface area contributed by atoms with Crippen LogP contribution in [0.15, 0.2) is 42.5 Å². The molecule has 0 heterocycles. The van der Waals surface area contributed by atoms with Crippen molar-refractivity contribution >= 4 is 11.6 Å². The number of phenolic OH excluding ortho intramolecular Hbond substituents is 1. The second-order valence-electron chi connectivity index (χ2n) is 4.64. The van der Waals surface area contributed by atoms with E-state index in [4.69, 9.17) is 16.3 Å². The maximum Gasteiger partial charge on any atom is 0.162 e. The molecule has 3 N–H and O–H groups in total. The van der Waals surface area contributed by atoms with Gasteiger partial charge in [0.2, 0.25) is 0 Å². The number of phenols is 1. The van der Waals surface area contributed by atoms with Crippen LogP contribution >= 0.6 is 11.6 Å². The van der Waals surface area contributed by atoms with E-state index in [-0.39, 0.29) is 18.4 Å². The second kappa shape index (κ2) is 7.31. The van der Waals surface area contributed by atoms with Gasteiger partial charge in [0.05, 0.1) is 19.8 Å². The summed E-state index contributed by atoms with van der Waals surface area (Å²) in [5.41, 5.74) is 1.60. The summed E-state index contributed by atoms with van der Waals surface area (Å²) in [6.45, 7) is 0.325. The molecule has 1 atom stereocenters. The Morgan fingerprint density at radius 1 is 1.24 bits per heavy atom. The fourth-order valence-corrected chi connectivity index (χ4v) is 2.36. The third-order valence-electron chi connectivity index (χ3n) is 3.26. The average Bonchev–Trinajstić information content (AvgIpc) is 2.51. The monoisotopic (exact) mass is 307 g/mol. The number of methoxy groups -OCH3 is 1. The molecule has 0 saturated heterocycles. The minimum absolute atomic E-state index is 0.0392. The van der Waals surface area contributed by atoms with Gasteiger partial charge in [-0.3, -0.25) is 0 Å². The summed E-state index contributed by atoms with van der Waals surface area (Å²) in [5.74, 6) is 0.388. The Labute approximate surface area is 129 Å². The van der Waals surface area contributed by atoms with Crippen LogP contribution in [0.5, 0.6) is 11.5 Å². The number of benzene rings is 2. The van der Waals surface area contributed by atoms with Crippen molar-refractivity contribution < 1.29 is 14.9 Å². The number of aliphatic hydroxyl groups is 1. The summed E-state index contributed by atoms with van der Waals surface area (Å²) in [7, 11) is 1.48. The van der Waals surface area contributed by atoms with Crippen molar-refractivity contribution in [1.82, 2.24) is 5.32 Å². The minimum atomic E-state index is -0.212. The van der Waals surface area contributed by atoms with Gasteiger partial charge in [-0.25, -0.2) is 0 Å². The standard InChI is InChI=1S/C16H18ClNO3/c1-21-15-8-13(17)7-12(16(15)20)9-18-14(10-19)11-5-3-2-4-6-11/h2-8,14,18-20H,9-10H2,1H3/t14-/m1/s1.